The molecule has 0 fully saturated rings. The summed E-state index contributed by atoms with van der Waals surface area (Å²) in [7, 11) is 1.55. The first-order valence-corrected chi connectivity index (χ1v) is 11.9. The van der Waals surface area contributed by atoms with Crippen LogP contribution in [0.5, 0.6) is 11.5 Å². The molecule has 0 saturated heterocycles. The van der Waals surface area contributed by atoms with Gasteiger partial charge in [0.25, 0.3) is 5.56 Å². The number of nitro groups is 1. The minimum atomic E-state index is -0.585. The number of para-hydroxylation sites is 1. The number of fused-ring (bicyclic) bond motifs is 2. The van der Waals surface area contributed by atoms with E-state index in [0.29, 0.717) is 27.6 Å². The molecule has 0 N–H and O–H groups in total. The molecule has 2 heterocycles. The molecular weight excluding hydrogens is 512 g/mol. The fourth-order valence-electron chi connectivity index (χ4n) is 4.00. The zero-order chi connectivity index (χ0) is 27.0. The molecule has 10 nitrogen and oxygen atoms in total. The third kappa shape index (κ3) is 4.57. The lowest BCUT2D eigenvalue weighted by Gasteiger charge is -2.12. The third-order valence-corrected chi connectivity index (χ3v) is 5.92. The van der Waals surface area contributed by atoms with Crippen molar-refractivity contribution in [2.45, 2.75) is 20.0 Å². The summed E-state index contributed by atoms with van der Waals surface area (Å²) in [6, 6.07) is 16.7. The normalized spacial score (nSPS) is 11.6. The van der Waals surface area contributed by atoms with E-state index in [1.807, 2.05) is 0 Å². The largest absolute Gasteiger partial charge is 0.496 e. The maximum Gasteiger partial charge on any atom is 0.313 e. The maximum absolute atomic E-state index is 13.5. The van der Waals surface area contributed by atoms with Crippen molar-refractivity contribution in [3.05, 3.63) is 91.7 Å². The summed E-state index contributed by atoms with van der Waals surface area (Å²) < 4.78 is 18.1. The van der Waals surface area contributed by atoms with Gasteiger partial charge < -0.3 is 13.9 Å². The van der Waals surface area contributed by atoms with Crippen LogP contribution >= 0.6 is 11.6 Å². The van der Waals surface area contributed by atoms with Gasteiger partial charge in [0.1, 0.15) is 11.3 Å². The zero-order valence-electron chi connectivity index (χ0n) is 20.5. The lowest BCUT2D eigenvalue weighted by Crippen LogP contribution is -2.20. The van der Waals surface area contributed by atoms with Crippen LogP contribution < -0.4 is 15.0 Å². The van der Waals surface area contributed by atoms with E-state index in [0.717, 1.165) is 4.68 Å². The van der Waals surface area contributed by atoms with Gasteiger partial charge in [0.2, 0.25) is 11.6 Å². The second-order valence-electron chi connectivity index (χ2n) is 8.57. The number of rotatable bonds is 7. The zero-order valence-corrected chi connectivity index (χ0v) is 21.3. The number of hydrogen-bond acceptors (Lipinski definition) is 8. The average molecular weight is 533 g/mol. The number of nitrogens with zero attached hydrogens (tertiary/aromatic N) is 4. The molecule has 0 aliphatic carbocycles. The number of nitro benzene ring substituents is 1. The highest BCUT2D eigenvalue weighted by Gasteiger charge is 2.22. The molecule has 192 valence electrons. The predicted molar refractivity (Wildman–Crippen MR) is 145 cm³/mol. The maximum atomic E-state index is 13.5. The number of hydrogen-bond donors (Lipinski definition) is 0. The first-order valence-electron chi connectivity index (χ1n) is 11.5. The van der Waals surface area contributed by atoms with E-state index in [-0.39, 0.29) is 39.7 Å². The van der Waals surface area contributed by atoms with E-state index >= 15 is 0 Å². The molecule has 0 unspecified atom stereocenters. The number of halogens is 1. The molecule has 0 radical (unpaired) electrons. The van der Waals surface area contributed by atoms with Gasteiger partial charge in [-0.05, 0) is 50.2 Å². The van der Waals surface area contributed by atoms with E-state index in [4.69, 9.17) is 25.5 Å². The molecule has 0 aliphatic rings. The van der Waals surface area contributed by atoms with Gasteiger partial charge in [-0.15, -0.1) is 0 Å². The van der Waals surface area contributed by atoms with Crippen LogP contribution in [0.25, 0.3) is 33.5 Å². The number of aromatic nitrogens is 2. The average Bonchev–Trinajstić information content (AvgIpc) is 3.33. The molecule has 5 rings (SSSR count). The van der Waals surface area contributed by atoms with E-state index < -0.39 is 10.5 Å². The van der Waals surface area contributed by atoms with Crippen molar-refractivity contribution < 1.29 is 18.8 Å². The molecule has 11 heteroatoms. The van der Waals surface area contributed by atoms with Gasteiger partial charge in [0.05, 0.1) is 45.7 Å². The van der Waals surface area contributed by atoms with Crippen LogP contribution in [-0.4, -0.2) is 34.0 Å². The highest BCUT2D eigenvalue weighted by molar-refractivity contribution is 6.32. The van der Waals surface area contributed by atoms with Crippen LogP contribution in [0.1, 0.15) is 19.4 Å². The summed E-state index contributed by atoms with van der Waals surface area (Å²) in [5, 5.41) is 17.1. The lowest BCUT2D eigenvalue weighted by molar-refractivity contribution is -0.386. The van der Waals surface area contributed by atoms with Crippen molar-refractivity contribution in [1.82, 2.24) is 9.66 Å². The smallest absolute Gasteiger partial charge is 0.313 e. The summed E-state index contributed by atoms with van der Waals surface area (Å²) in [5.74, 6) is 0.990. The topological polar surface area (TPSA) is 122 Å². The van der Waals surface area contributed by atoms with Crippen molar-refractivity contribution in [3.8, 4) is 23.1 Å². The second kappa shape index (κ2) is 9.98. The molecule has 3 aromatic carbocycles. The highest BCUT2D eigenvalue weighted by Crippen LogP contribution is 2.37. The summed E-state index contributed by atoms with van der Waals surface area (Å²) in [6.45, 7) is 3.48. The summed E-state index contributed by atoms with van der Waals surface area (Å²) in [4.78, 5) is 29.2. The molecule has 38 heavy (non-hydrogen) atoms. The molecule has 0 bridgehead atoms. The minimum Gasteiger partial charge on any atom is -0.496 e. The summed E-state index contributed by atoms with van der Waals surface area (Å²) in [5.41, 5.74) is 0.520. The van der Waals surface area contributed by atoms with Crippen LogP contribution in [-0.2, 0) is 0 Å². The number of benzene rings is 3. The SMILES string of the molecule is COc1cccc2oc(-c3nc4ccccc4c(=O)n3N=Cc3cc(Cl)c(OC(C)C)c([N+](=O)[O-])c3)cc12. The van der Waals surface area contributed by atoms with Gasteiger partial charge in [0, 0.05) is 11.6 Å². The van der Waals surface area contributed by atoms with Gasteiger partial charge in [-0.1, -0.05) is 29.8 Å². The Kier molecular flexibility index (Phi) is 6.56. The van der Waals surface area contributed by atoms with Crippen molar-refractivity contribution in [2.75, 3.05) is 7.11 Å². The van der Waals surface area contributed by atoms with Crippen LogP contribution in [0.3, 0.4) is 0 Å². The Morgan fingerprint density at radius 3 is 2.66 bits per heavy atom. The van der Waals surface area contributed by atoms with Crippen molar-refractivity contribution in [3.63, 3.8) is 0 Å². The summed E-state index contributed by atoms with van der Waals surface area (Å²) >= 11 is 6.32. The number of furan rings is 1. The fourth-order valence-corrected chi connectivity index (χ4v) is 4.27. The van der Waals surface area contributed by atoms with E-state index in [1.165, 1.54) is 18.3 Å². The summed E-state index contributed by atoms with van der Waals surface area (Å²) in [6.07, 6.45) is 0.973. The van der Waals surface area contributed by atoms with Gasteiger partial charge in [0.15, 0.2) is 5.76 Å². The molecule has 0 spiro atoms. The first kappa shape index (κ1) is 25.0. The third-order valence-electron chi connectivity index (χ3n) is 5.63. The first-order chi connectivity index (χ1) is 18.3. The number of methoxy groups -OCH3 is 1. The van der Waals surface area contributed by atoms with Gasteiger partial charge in [-0.25, -0.2) is 4.98 Å². The fraction of sp³-hybridized carbons (Fsp3) is 0.148. The van der Waals surface area contributed by atoms with Crippen LogP contribution in [0.4, 0.5) is 5.69 Å². The minimum absolute atomic E-state index is 0.0368. The molecule has 0 saturated carbocycles. The van der Waals surface area contributed by atoms with E-state index in [9.17, 15) is 14.9 Å². The van der Waals surface area contributed by atoms with Crippen LogP contribution in [0.2, 0.25) is 5.02 Å². The molecule has 2 aromatic heterocycles. The Labute approximate surface area is 220 Å². The molecule has 0 aliphatic heterocycles. The predicted octanol–water partition coefficient (Wildman–Crippen LogP) is 6.05. The Morgan fingerprint density at radius 2 is 1.92 bits per heavy atom. The van der Waals surface area contributed by atoms with Gasteiger partial charge in [-0.3, -0.25) is 14.9 Å². The van der Waals surface area contributed by atoms with Crippen molar-refractivity contribution in [2.24, 2.45) is 5.10 Å². The second-order valence-corrected chi connectivity index (χ2v) is 8.98. The highest BCUT2D eigenvalue weighted by atomic mass is 35.5. The molecular formula is C27H21ClN4O6. The van der Waals surface area contributed by atoms with Gasteiger partial charge in [-0.2, -0.15) is 9.78 Å². The lowest BCUT2D eigenvalue weighted by atomic mass is 10.2. The Morgan fingerprint density at radius 1 is 1.13 bits per heavy atom. The standard InChI is InChI=1S/C27H21ClN4O6/c1-15(2)37-25-19(28)11-16(12-21(25)32(34)35)14-29-31-26(30-20-8-5-4-7-17(20)27(31)33)24-13-18-22(36-3)9-6-10-23(18)38-24/h4-15H,1-3H3. The van der Waals surface area contributed by atoms with Crippen molar-refractivity contribution in [1.29, 1.82) is 0 Å². The Bertz CT molecular complexity index is 1790. The van der Waals surface area contributed by atoms with E-state index in [1.54, 1.807) is 69.5 Å². The Balaban J connectivity index is 1.69. The Hall–Kier alpha value is -4.70. The van der Waals surface area contributed by atoms with Crippen LogP contribution in [0.15, 0.2) is 75.0 Å². The van der Waals surface area contributed by atoms with Gasteiger partial charge >= 0.3 is 5.69 Å². The number of ether oxygens (including phenoxy) is 2. The molecule has 0 amide bonds. The van der Waals surface area contributed by atoms with Crippen molar-refractivity contribution >= 4 is 45.4 Å². The monoisotopic (exact) mass is 532 g/mol. The molecule has 0 atom stereocenters. The van der Waals surface area contributed by atoms with E-state index in [2.05, 4.69) is 10.1 Å². The molecule has 5 aromatic rings. The quantitative estimate of drug-likeness (QED) is 0.142. The van der Waals surface area contributed by atoms with Crippen LogP contribution in [0, 0.1) is 10.1 Å².